The van der Waals surface area contributed by atoms with E-state index in [1.54, 1.807) is 24.6 Å². The molecule has 0 aliphatic heterocycles. The van der Waals surface area contributed by atoms with Crippen molar-refractivity contribution in [3.63, 3.8) is 0 Å². The standard InChI is InChI=1S/C15H20N4OS.HI/c1-16-15(17-8-11-4-2-5-11)18-9-12-10-20-14(19-12)13-6-3-7-21-13;/h3,6-7,10-11H,2,4-5,8-9H2,1H3,(H2,16,17,18);1H. The normalized spacial score (nSPS) is 15.0. The van der Waals surface area contributed by atoms with E-state index in [1.807, 2.05) is 17.5 Å². The summed E-state index contributed by atoms with van der Waals surface area (Å²) in [6.07, 6.45) is 5.72. The van der Waals surface area contributed by atoms with E-state index in [2.05, 4.69) is 20.6 Å². The summed E-state index contributed by atoms with van der Waals surface area (Å²) in [5.41, 5.74) is 0.880. The Kier molecular flexibility index (Phi) is 6.69. The number of hydrogen-bond acceptors (Lipinski definition) is 4. The van der Waals surface area contributed by atoms with Crippen molar-refractivity contribution in [3.8, 4) is 10.8 Å². The Bertz CT molecular complexity index is 592. The van der Waals surface area contributed by atoms with Crippen LogP contribution in [-0.2, 0) is 6.54 Å². The highest BCUT2D eigenvalue weighted by molar-refractivity contribution is 14.0. The van der Waals surface area contributed by atoms with Crippen molar-refractivity contribution in [1.82, 2.24) is 15.6 Å². The predicted molar refractivity (Wildman–Crippen MR) is 101 cm³/mol. The molecule has 1 aliphatic carbocycles. The van der Waals surface area contributed by atoms with Gasteiger partial charge in [0.2, 0.25) is 5.89 Å². The van der Waals surface area contributed by atoms with Gasteiger partial charge in [-0.05, 0) is 30.2 Å². The Morgan fingerprint density at radius 3 is 2.95 bits per heavy atom. The summed E-state index contributed by atoms with van der Waals surface area (Å²) in [6, 6.07) is 4.00. The fourth-order valence-electron chi connectivity index (χ4n) is 2.23. The number of halogens is 1. The fourth-order valence-corrected chi connectivity index (χ4v) is 2.89. The summed E-state index contributed by atoms with van der Waals surface area (Å²) < 4.78 is 5.50. The van der Waals surface area contributed by atoms with Gasteiger partial charge in [0.25, 0.3) is 0 Å². The van der Waals surface area contributed by atoms with E-state index in [1.165, 1.54) is 19.3 Å². The molecule has 0 spiro atoms. The van der Waals surface area contributed by atoms with Gasteiger partial charge in [0.05, 0.1) is 17.1 Å². The van der Waals surface area contributed by atoms with Crippen LogP contribution in [0.15, 0.2) is 33.2 Å². The van der Waals surface area contributed by atoms with Gasteiger partial charge >= 0.3 is 0 Å². The van der Waals surface area contributed by atoms with E-state index >= 15 is 0 Å². The molecule has 2 heterocycles. The fraction of sp³-hybridized carbons (Fsp3) is 0.467. The lowest BCUT2D eigenvalue weighted by atomic mass is 9.85. The van der Waals surface area contributed by atoms with Crippen LogP contribution in [0.5, 0.6) is 0 Å². The second-order valence-corrected chi connectivity index (χ2v) is 6.17. The van der Waals surface area contributed by atoms with Crippen LogP contribution in [0.1, 0.15) is 25.0 Å². The van der Waals surface area contributed by atoms with Gasteiger partial charge in [0, 0.05) is 13.6 Å². The molecule has 0 unspecified atom stereocenters. The molecule has 1 aliphatic rings. The summed E-state index contributed by atoms with van der Waals surface area (Å²) in [4.78, 5) is 9.76. The van der Waals surface area contributed by atoms with Gasteiger partial charge in [-0.3, -0.25) is 4.99 Å². The van der Waals surface area contributed by atoms with Crippen molar-refractivity contribution in [2.45, 2.75) is 25.8 Å². The minimum atomic E-state index is 0. The third-order valence-corrected chi connectivity index (χ3v) is 4.59. The van der Waals surface area contributed by atoms with Crippen LogP contribution in [-0.4, -0.2) is 24.5 Å². The van der Waals surface area contributed by atoms with E-state index < -0.39 is 0 Å². The maximum absolute atomic E-state index is 5.50. The van der Waals surface area contributed by atoms with Crippen molar-refractivity contribution in [1.29, 1.82) is 0 Å². The van der Waals surface area contributed by atoms with Crippen molar-refractivity contribution in [2.24, 2.45) is 10.9 Å². The van der Waals surface area contributed by atoms with Gasteiger partial charge in [0.1, 0.15) is 6.26 Å². The van der Waals surface area contributed by atoms with Gasteiger partial charge in [-0.15, -0.1) is 35.3 Å². The zero-order valence-electron chi connectivity index (χ0n) is 12.5. The SMILES string of the molecule is CN=C(NCc1coc(-c2cccs2)n1)NCC1CCC1.I. The second-order valence-electron chi connectivity index (χ2n) is 5.22. The van der Waals surface area contributed by atoms with E-state index in [0.717, 1.165) is 29.0 Å². The molecule has 120 valence electrons. The molecule has 0 aromatic carbocycles. The van der Waals surface area contributed by atoms with Crippen molar-refractivity contribution >= 4 is 41.3 Å². The van der Waals surface area contributed by atoms with Gasteiger partial charge in [-0.1, -0.05) is 12.5 Å². The van der Waals surface area contributed by atoms with E-state index in [4.69, 9.17) is 4.42 Å². The lowest BCUT2D eigenvalue weighted by Gasteiger charge is -2.26. The highest BCUT2D eigenvalue weighted by atomic mass is 127. The molecular weight excluding hydrogens is 411 g/mol. The molecule has 0 atom stereocenters. The average molecular weight is 432 g/mol. The molecule has 22 heavy (non-hydrogen) atoms. The highest BCUT2D eigenvalue weighted by Gasteiger charge is 2.17. The lowest BCUT2D eigenvalue weighted by Crippen LogP contribution is -2.40. The van der Waals surface area contributed by atoms with Gasteiger partial charge in [0.15, 0.2) is 5.96 Å². The monoisotopic (exact) mass is 432 g/mol. The Morgan fingerprint density at radius 2 is 2.32 bits per heavy atom. The first kappa shape index (κ1) is 17.3. The molecule has 3 rings (SSSR count). The molecule has 5 nitrogen and oxygen atoms in total. The van der Waals surface area contributed by atoms with Crippen LogP contribution in [0.4, 0.5) is 0 Å². The van der Waals surface area contributed by atoms with Crippen LogP contribution >= 0.6 is 35.3 Å². The van der Waals surface area contributed by atoms with E-state index in [-0.39, 0.29) is 24.0 Å². The first-order valence-corrected chi connectivity index (χ1v) is 8.16. The molecule has 0 radical (unpaired) electrons. The summed E-state index contributed by atoms with van der Waals surface area (Å²) in [6.45, 7) is 1.61. The number of guanidine groups is 1. The first-order chi connectivity index (χ1) is 10.3. The largest absolute Gasteiger partial charge is 0.443 e. The van der Waals surface area contributed by atoms with Gasteiger partial charge in [-0.25, -0.2) is 4.98 Å². The van der Waals surface area contributed by atoms with Crippen LogP contribution in [0.25, 0.3) is 10.8 Å². The van der Waals surface area contributed by atoms with Crippen molar-refractivity contribution in [2.75, 3.05) is 13.6 Å². The molecule has 1 saturated carbocycles. The summed E-state index contributed by atoms with van der Waals surface area (Å²) in [7, 11) is 1.79. The highest BCUT2D eigenvalue weighted by Crippen LogP contribution is 2.25. The molecule has 1 fully saturated rings. The Morgan fingerprint density at radius 1 is 1.45 bits per heavy atom. The topological polar surface area (TPSA) is 62.5 Å². The minimum absolute atomic E-state index is 0. The molecule has 2 aromatic rings. The Balaban J connectivity index is 0.00000176. The molecule has 2 aromatic heterocycles. The third kappa shape index (κ3) is 4.45. The molecule has 0 saturated heterocycles. The van der Waals surface area contributed by atoms with Gasteiger partial charge in [-0.2, -0.15) is 0 Å². The maximum atomic E-state index is 5.50. The number of nitrogens with one attached hydrogen (secondary N) is 2. The van der Waals surface area contributed by atoms with Crippen molar-refractivity contribution in [3.05, 3.63) is 29.5 Å². The van der Waals surface area contributed by atoms with Gasteiger partial charge < -0.3 is 15.1 Å². The minimum Gasteiger partial charge on any atom is -0.443 e. The number of rotatable bonds is 5. The number of aliphatic imine (C=N–C) groups is 1. The second kappa shape index (κ2) is 8.52. The van der Waals surface area contributed by atoms with Crippen LogP contribution in [0, 0.1) is 5.92 Å². The number of aromatic nitrogens is 1. The number of nitrogens with zero attached hydrogens (tertiary/aromatic N) is 2. The number of oxazole rings is 1. The van der Waals surface area contributed by atoms with Crippen molar-refractivity contribution < 1.29 is 4.42 Å². The zero-order valence-corrected chi connectivity index (χ0v) is 15.7. The summed E-state index contributed by atoms with van der Waals surface area (Å²) >= 11 is 1.63. The molecule has 7 heteroatoms. The maximum Gasteiger partial charge on any atom is 0.236 e. The molecule has 2 N–H and O–H groups in total. The Hall–Kier alpha value is -1.09. The predicted octanol–water partition coefficient (Wildman–Crippen LogP) is 3.49. The number of hydrogen-bond donors (Lipinski definition) is 2. The molecule has 0 bridgehead atoms. The summed E-state index contributed by atoms with van der Waals surface area (Å²) in [5.74, 6) is 2.31. The summed E-state index contributed by atoms with van der Waals surface area (Å²) in [5, 5.41) is 8.64. The molecule has 0 amide bonds. The first-order valence-electron chi connectivity index (χ1n) is 7.28. The quantitative estimate of drug-likeness (QED) is 0.432. The van der Waals surface area contributed by atoms with Crippen LogP contribution < -0.4 is 10.6 Å². The Labute approximate surface area is 151 Å². The van der Waals surface area contributed by atoms with Crippen LogP contribution in [0.2, 0.25) is 0 Å². The average Bonchev–Trinajstić information content (AvgIpc) is 3.10. The smallest absolute Gasteiger partial charge is 0.236 e. The van der Waals surface area contributed by atoms with E-state index in [0.29, 0.717) is 12.4 Å². The van der Waals surface area contributed by atoms with E-state index in [9.17, 15) is 0 Å². The number of thiophene rings is 1. The van der Waals surface area contributed by atoms with Crippen LogP contribution in [0.3, 0.4) is 0 Å². The third-order valence-electron chi connectivity index (χ3n) is 3.73. The molecular formula is C15H21IN4OS. The zero-order chi connectivity index (χ0) is 14.5. The lowest BCUT2D eigenvalue weighted by molar-refractivity contribution is 0.314.